The minimum Gasteiger partial charge on any atom is -0.197 e. The summed E-state index contributed by atoms with van der Waals surface area (Å²) >= 11 is 0. The Morgan fingerprint density at radius 2 is 2.25 bits per heavy atom. The van der Waals surface area contributed by atoms with Crippen LogP contribution in [0.3, 0.4) is 0 Å². The van der Waals surface area contributed by atoms with Crippen LogP contribution in [0.5, 0.6) is 0 Å². The largest absolute Gasteiger partial charge is 0.197 e. The molecule has 2 aromatic rings. The number of H-pyrrole nitrogens is 1. The smallest absolute Gasteiger partial charge is 0.120 e. The maximum atomic E-state index is 4.04. The predicted octanol–water partition coefficient (Wildman–Crippen LogP) is 1.91. The molecule has 1 aromatic heterocycles. The molecule has 0 atom stereocenters. The van der Waals surface area contributed by atoms with Crippen molar-refractivity contribution in [2.45, 2.75) is 6.92 Å². The number of nitrogens with zero attached hydrogens (tertiary/aromatic N) is 2. The molecule has 0 aliphatic heterocycles. The lowest BCUT2D eigenvalue weighted by atomic mass is 10.1. The number of benzene rings is 1. The van der Waals surface area contributed by atoms with Crippen molar-refractivity contribution in [3.63, 3.8) is 0 Å². The number of hydrogen-bond donors (Lipinski definition) is 1. The van der Waals surface area contributed by atoms with E-state index >= 15 is 0 Å². The van der Waals surface area contributed by atoms with Gasteiger partial charge in [0.05, 0.1) is 0 Å². The molecular weight excluding hydrogens is 150 g/mol. The monoisotopic (exact) mass is 159 g/mol. The molecule has 0 saturated carbocycles. The highest BCUT2D eigenvalue weighted by Crippen LogP contribution is 2.18. The second-order valence-electron chi connectivity index (χ2n) is 2.69. The number of fused-ring (bicyclic) bond motifs is 1. The molecule has 0 fully saturated rings. The van der Waals surface area contributed by atoms with Gasteiger partial charge in [0.25, 0.3) is 0 Å². The lowest BCUT2D eigenvalue weighted by Gasteiger charge is -1.97. The number of aromatic nitrogens is 3. The molecule has 3 nitrogen and oxygen atoms in total. The van der Waals surface area contributed by atoms with Crippen LogP contribution >= 0.6 is 0 Å². The third-order valence-corrected chi connectivity index (χ3v) is 1.95. The Bertz CT molecular complexity index is 428. The van der Waals surface area contributed by atoms with E-state index in [9.17, 15) is 0 Å². The van der Waals surface area contributed by atoms with E-state index in [4.69, 9.17) is 0 Å². The van der Waals surface area contributed by atoms with Gasteiger partial charge in [-0.2, -0.15) is 15.4 Å². The Hall–Kier alpha value is -1.64. The van der Waals surface area contributed by atoms with E-state index in [-0.39, 0.29) is 0 Å². The molecular formula is C9H9N3. The van der Waals surface area contributed by atoms with E-state index < -0.39 is 0 Å². The molecule has 2 rings (SSSR count). The van der Waals surface area contributed by atoms with Crippen LogP contribution in [0.25, 0.3) is 17.1 Å². The van der Waals surface area contributed by atoms with Crippen LogP contribution in [0.2, 0.25) is 0 Å². The third-order valence-electron chi connectivity index (χ3n) is 1.95. The Labute approximate surface area is 70.1 Å². The zero-order valence-electron chi connectivity index (χ0n) is 6.83. The van der Waals surface area contributed by atoms with Crippen LogP contribution in [0.1, 0.15) is 11.1 Å². The molecule has 0 aliphatic carbocycles. The van der Waals surface area contributed by atoms with Gasteiger partial charge in [-0.15, -0.1) is 0 Å². The van der Waals surface area contributed by atoms with Gasteiger partial charge in [-0.1, -0.05) is 18.7 Å². The van der Waals surface area contributed by atoms with Gasteiger partial charge in [0.15, 0.2) is 0 Å². The van der Waals surface area contributed by atoms with E-state index in [0.29, 0.717) is 0 Å². The van der Waals surface area contributed by atoms with Crippen molar-refractivity contribution in [1.82, 2.24) is 15.4 Å². The first-order valence-corrected chi connectivity index (χ1v) is 3.75. The maximum Gasteiger partial charge on any atom is 0.120 e. The third kappa shape index (κ3) is 0.830. The highest BCUT2D eigenvalue weighted by Gasteiger charge is 2.03. The fourth-order valence-electron chi connectivity index (χ4n) is 1.29. The Balaban J connectivity index is 2.91. The highest BCUT2D eigenvalue weighted by molar-refractivity contribution is 5.85. The standard InChI is InChI=1S/C9H9N3/c1-3-7-6(2)4-5-8-9(7)11-12-10-8/h3-5H,1H2,2H3,(H,10,11,12). The van der Waals surface area contributed by atoms with Gasteiger partial charge in [-0.05, 0) is 18.6 Å². The fraction of sp³-hybridized carbons (Fsp3) is 0.111. The molecule has 0 amide bonds. The average molecular weight is 159 g/mol. The summed E-state index contributed by atoms with van der Waals surface area (Å²) in [6, 6.07) is 3.96. The van der Waals surface area contributed by atoms with Crippen LogP contribution in [0.15, 0.2) is 18.7 Å². The molecule has 1 aromatic carbocycles. The van der Waals surface area contributed by atoms with E-state index in [0.717, 1.165) is 16.6 Å². The van der Waals surface area contributed by atoms with Gasteiger partial charge in [0, 0.05) is 5.56 Å². The maximum absolute atomic E-state index is 4.04. The molecule has 0 spiro atoms. The van der Waals surface area contributed by atoms with E-state index in [1.807, 2.05) is 19.1 Å². The Morgan fingerprint density at radius 3 is 3.00 bits per heavy atom. The number of aryl methyl sites for hydroxylation is 1. The van der Waals surface area contributed by atoms with Crippen molar-refractivity contribution in [1.29, 1.82) is 0 Å². The summed E-state index contributed by atoms with van der Waals surface area (Å²) in [6.07, 6.45) is 1.81. The second kappa shape index (κ2) is 2.44. The van der Waals surface area contributed by atoms with E-state index in [2.05, 4.69) is 22.0 Å². The van der Waals surface area contributed by atoms with Gasteiger partial charge in [-0.3, -0.25) is 0 Å². The summed E-state index contributed by atoms with van der Waals surface area (Å²) in [7, 11) is 0. The number of rotatable bonds is 1. The SMILES string of the molecule is C=Cc1c(C)ccc2n[nH]nc12. The van der Waals surface area contributed by atoms with Gasteiger partial charge >= 0.3 is 0 Å². The summed E-state index contributed by atoms with van der Waals surface area (Å²) in [5, 5.41) is 10.6. The Morgan fingerprint density at radius 1 is 1.42 bits per heavy atom. The molecule has 1 heterocycles. The molecule has 0 saturated heterocycles. The summed E-state index contributed by atoms with van der Waals surface area (Å²) in [6.45, 7) is 5.77. The molecule has 0 unspecified atom stereocenters. The van der Waals surface area contributed by atoms with Crippen molar-refractivity contribution in [3.8, 4) is 0 Å². The molecule has 12 heavy (non-hydrogen) atoms. The number of aromatic amines is 1. The van der Waals surface area contributed by atoms with Gasteiger partial charge in [0.1, 0.15) is 11.0 Å². The predicted molar refractivity (Wildman–Crippen MR) is 48.7 cm³/mol. The summed E-state index contributed by atoms with van der Waals surface area (Å²) < 4.78 is 0. The van der Waals surface area contributed by atoms with Gasteiger partial charge < -0.3 is 0 Å². The van der Waals surface area contributed by atoms with Crippen molar-refractivity contribution >= 4 is 17.1 Å². The zero-order valence-corrected chi connectivity index (χ0v) is 6.83. The normalized spacial score (nSPS) is 10.4. The van der Waals surface area contributed by atoms with Crippen LogP contribution < -0.4 is 0 Å². The van der Waals surface area contributed by atoms with Crippen molar-refractivity contribution in [3.05, 3.63) is 29.8 Å². The molecule has 0 bridgehead atoms. The van der Waals surface area contributed by atoms with Gasteiger partial charge in [-0.25, -0.2) is 0 Å². The average Bonchev–Trinajstić information content (AvgIpc) is 2.52. The quantitative estimate of drug-likeness (QED) is 0.690. The Kier molecular flexibility index (Phi) is 1.43. The second-order valence-corrected chi connectivity index (χ2v) is 2.69. The van der Waals surface area contributed by atoms with Crippen LogP contribution in [0, 0.1) is 6.92 Å². The molecule has 1 N–H and O–H groups in total. The number of nitrogens with one attached hydrogen (secondary N) is 1. The fourth-order valence-corrected chi connectivity index (χ4v) is 1.29. The van der Waals surface area contributed by atoms with Crippen molar-refractivity contribution < 1.29 is 0 Å². The first-order valence-electron chi connectivity index (χ1n) is 3.75. The van der Waals surface area contributed by atoms with E-state index in [1.54, 1.807) is 6.08 Å². The van der Waals surface area contributed by atoms with Crippen molar-refractivity contribution in [2.75, 3.05) is 0 Å². The summed E-state index contributed by atoms with van der Waals surface area (Å²) in [5.41, 5.74) is 4.01. The van der Waals surface area contributed by atoms with Crippen LogP contribution in [-0.4, -0.2) is 15.4 Å². The van der Waals surface area contributed by atoms with Crippen molar-refractivity contribution in [2.24, 2.45) is 0 Å². The molecule has 0 radical (unpaired) electrons. The molecule has 0 aliphatic rings. The highest BCUT2D eigenvalue weighted by atomic mass is 15.3. The lowest BCUT2D eigenvalue weighted by Crippen LogP contribution is -1.82. The number of hydrogen-bond acceptors (Lipinski definition) is 2. The van der Waals surface area contributed by atoms with Gasteiger partial charge in [0.2, 0.25) is 0 Å². The lowest BCUT2D eigenvalue weighted by molar-refractivity contribution is 0.959. The summed E-state index contributed by atoms with van der Waals surface area (Å²) in [5.74, 6) is 0. The minimum absolute atomic E-state index is 0.885. The first kappa shape index (κ1) is 7.03. The zero-order chi connectivity index (χ0) is 8.55. The first-order chi connectivity index (χ1) is 5.83. The topological polar surface area (TPSA) is 41.6 Å². The molecule has 3 heteroatoms. The minimum atomic E-state index is 0.885. The molecule has 60 valence electrons. The van der Waals surface area contributed by atoms with Crippen LogP contribution in [0.4, 0.5) is 0 Å². The summed E-state index contributed by atoms with van der Waals surface area (Å²) in [4.78, 5) is 0. The van der Waals surface area contributed by atoms with E-state index in [1.165, 1.54) is 5.56 Å². The van der Waals surface area contributed by atoms with Crippen LogP contribution in [-0.2, 0) is 0 Å².